The predicted molar refractivity (Wildman–Crippen MR) is 82.6 cm³/mol. The van der Waals surface area contributed by atoms with Crippen LogP contribution in [0.1, 0.15) is 0 Å². The van der Waals surface area contributed by atoms with Crippen LogP contribution in [0.2, 0.25) is 0 Å². The van der Waals surface area contributed by atoms with E-state index in [4.69, 9.17) is 15.2 Å². The van der Waals surface area contributed by atoms with Gasteiger partial charge in [-0.15, -0.1) is 0 Å². The van der Waals surface area contributed by atoms with Gasteiger partial charge in [0.25, 0.3) is 0 Å². The van der Waals surface area contributed by atoms with Crippen LogP contribution in [-0.4, -0.2) is 27.3 Å². The van der Waals surface area contributed by atoms with E-state index in [1.165, 1.54) is 0 Å². The quantitative estimate of drug-likeness (QED) is 0.821. The Bertz CT molecular complexity index is 558. The van der Waals surface area contributed by atoms with Crippen molar-refractivity contribution in [3.05, 3.63) is 48.5 Å². The molecule has 0 heterocycles. The van der Waals surface area contributed by atoms with Gasteiger partial charge >= 0.3 is 0 Å². The fourth-order valence-corrected chi connectivity index (χ4v) is 1.95. The van der Waals surface area contributed by atoms with E-state index in [0.29, 0.717) is 6.61 Å². The molecule has 0 spiro atoms. The monoisotopic (exact) mass is 272 g/mol. The zero-order valence-corrected chi connectivity index (χ0v) is 11.9. The third-order valence-corrected chi connectivity index (χ3v) is 3.08. The molecule has 0 aliphatic carbocycles. The summed E-state index contributed by atoms with van der Waals surface area (Å²) < 4.78 is 10.9. The van der Waals surface area contributed by atoms with Gasteiger partial charge in [0.1, 0.15) is 18.1 Å². The number of rotatable bonds is 6. The van der Waals surface area contributed by atoms with Crippen molar-refractivity contribution in [2.24, 2.45) is 0 Å². The van der Waals surface area contributed by atoms with Crippen LogP contribution in [0.4, 0.5) is 11.4 Å². The zero-order valence-electron chi connectivity index (χ0n) is 11.9. The summed E-state index contributed by atoms with van der Waals surface area (Å²) in [4.78, 5) is 2.08. The lowest BCUT2D eigenvalue weighted by Crippen LogP contribution is -2.24. The SMILES string of the molecule is COc1cccc(OCCN(C)c2ccccc2N)c1. The van der Waals surface area contributed by atoms with Crippen molar-refractivity contribution in [2.75, 3.05) is 37.9 Å². The van der Waals surface area contributed by atoms with Crippen molar-refractivity contribution in [2.45, 2.75) is 0 Å². The van der Waals surface area contributed by atoms with Crippen LogP contribution in [0.25, 0.3) is 0 Å². The summed E-state index contributed by atoms with van der Waals surface area (Å²) in [6.07, 6.45) is 0. The van der Waals surface area contributed by atoms with Gasteiger partial charge in [0.05, 0.1) is 25.0 Å². The van der Waals surface area contributed by atoms with Crippen LogP contribution in [-0.2, 0) is 0 Å². The lowest BCUT2D eigenvalue weighted by molar-refractivity contribution is 0.323. The Hall–Kier alpha value is -2.36. The van der Waals surface area contributed by atoms with Gasteiger partial charge in [-0.1, -0.05) is 18.2 Å². The highest BCUT2D eigenvalue weighted by Gasteiger charge is 2.04. The van der Waals surface area contributed by atoms with Crippen molar-refractivity contribution in [1.82, 2.24) is 0 Å². The van der Waals surface area contributed by atoms with Crippen LogP contribution in [0.3, 0.4) is 0 Å². The molecule has 0 aromatic heterocycles. The first-order chi connectivity index (χ1) is 9.70. The topological polar surface area (TPSA) is 47.7 Å². The standard InChI is InChI=1S/C16H20N2O2/c1-18(16-9-4-3-8-15(16)17)10-11-20-14-7-5-6-13(12-14)19-2/h3-9,12H,10-11,17H2,1-2H3. The number of para-hydroxylation sites is 2. The number of ether oxygens (including phenoxy) is 2. The van der Waals surface area contributed by atoms with E-state index in [0.717, 1.165) is 29.4 Å². The number of nitrogen functional groups attached to an aromatic ring is 1. The number of benzene rings is 2. The van der Waals surface area contributed by atoms with Crippen molar-refractivity contribution >= 4 is 11.4 Å². The molecular weight excluding hydrogens is 252 g/mol. The van der Waals surface area contributed by atoms with Crippen molar-refractivity contribution < 1.29 is 9.47 Å². The second-order valence-electron chi connectivity index (χ2n) is 4.51. The molecule has 4 heteroatoms. The van der Waals surface area contributed by atoms with Gasteiger partial charge in [-0.3, -0.25) is 0 Å². The maximum atomic E-state index is 5.94. The third-order valence-electron chi connectivity index (χ3n) is 3.08. The Morgan fingerprint density at radius 3 is 2.55 bits per heavy atom. The highest BCUT2D eigenvalue weighted by Crippen LogP contribution is 2.21. The zero-order chi connectivity index (χ0) is 14.4. The first kappa shape index (κ1) is 14.1. The lowest BCUT2D eigenvalue weighted by Gasteiger charge is -2.21. The van der Waals surface area contributed by atoms with Crippen molar-refractivity contribution in [3.8, 4) is 11.5 Å². The molecule has 0 aliphatic heterocycles. The number of anilines is 2. The molecule has 0 amide bonds. The van der Waals surface area contributed by atoms with Crippen LogP contribution in [0.15, 0.2) is 48.5 Å². The Balaban J connectivity index is 1.88. The highest BCUT2D eigenvalue weighted by molar-refractivity contribution is 5.66. The van der Waals surface area contributed by atoms with E-state index in [1.807, 2.05) is 55.6 Å². The molecule has 2 rings (SSSR count). The van der Waals surface area contributed by atoms with Crippen LogP contribution in [0.5, 0.6) is 11.5 Å². The maximum Gasteiger partial charge on any atom is 0.123 e. The number of likely N-dealkylation sites (N-methyl/N-ethyl adjacent to an activating group) is 1. The lowest BCUT2D eigenvalue weighted by atomic mass is 10.2. The maximum absolute atomic E-state index is 5.94. The largest absolute Gasteiger partial charge is 0.497 e. The minimum atomic E-state index is 0.581. The molecule has 2 aromatic rings. The third kappa shape index (κ3) is 3.57. The van der Waals surface area contributed by atoms with E-state index in [9.17, 15) is 0 Å². The van der Waals surface area contributed by atoms with Gasteiger partial charge in [-0.2, -0.15) is 0 Å². The molecule has 106 valence electrons. The van der Waals surface area contributed by atoms with Gasteiger partial charge in [0.2, 0.25) is 0 Å². The molecule has 20 heavy (non-hydrogen) atoms. The summed E-state index contributed by atoms with van der Waals surface area (Å²) in [6, 6.07) is 15.4. The Kier molecular flexibility index (Phi) is 4.71. The Morgan fingerprint density at radius 2 is 1.80 bits per heavy atom. The second-order valence-corrected chi connectivity index (χ2v) is 4.51. The molecule has 0 aliphatic rings. The van der Waals surface area contributed by atoms with Gasteiger partial charge in [-0.25, -0.2) is 0 Å². The molecule has 0 atom stereocenters. The highest BCUT2D eigenvalue weighted by atomic mass is 16.5. The van der Waals surface area contributed by atoms with Crippen molar-refractivity contribution in [3.63, 3.8) is 0 Å². The van der Waals surface area contributed by atoms with E-state index in [-0.39, 0.29) is 0 Å². The summed E-state index contributed by atoms with van der Waals surface area (Å²) in [5.74, 6) is 1.60. The molecule has 0 saturated carbocycles. The average molecular weight is 272 g/mol. The van der Waals surface area contributed by atoms with E-state index >= 15 is 0 Å². The normalized spacial score (nSPS) is 10.1. The summed E-state index contributed by atoms with van der Waals surface area (Å²) in [6.45, 7) is 1.34. The van der Waals surface area contributed by atoms with Crippen LogP contribution < -0.4 is 20.1 Å². The summed E-state index contributed by atoms with van der Waals surface area (Å²) in [5.41, 5.74) is 7.73. The van der Waals surface area contributed by atoms with Crippen LogP contribution in [0, 0.1) is 0 Å². The molecule has 2 aromatic carbocycles. The summed E-state index contributed by atoms with van der Waals surface area (Å²) in [7, 11) is 3.64. The number of hydrogen-bond donors (Lipinski definition) is 1. The molecule has 4 nitrogen and oxygen atoms in total. The first-order valence-electron chi connectivity index (χ1n) is 6.53. The van der Waals surface area contributed by atoms with E-state index in [2.05, 4.69) is 4.90 Å². The van der Waals surface area contributed by atoms with Gasteiger partial charge in [-0.05, 0) is 24.3 Å². The molecule has 0 saturated heterocycles. The van der Waals surface area contributed by atoms with Gasteiger partial charge in [0.15, 0.2) is 0 Å². The van der Waals surface area contributed by atoms with Gasteiger partial charge in [0, 0.05) is 13.1 Å². The number of methoxy groups -OCH3 is 1. The summed E-state index contributed by atoms with van der Waals surface area (Å²) >= 11 is 0. The Labute approximate surface area is 119 Å². The summed E-state index contributed by atoms with van der Waals surface area (Å²) in [5, 5.41) is 0. The second kappa shape index (κ2) is 6.70. The molecule has 0 fully saturated rings. The molecule has 2 N–H and O–H groups in total. The minimum Gasteiger partial charge on any atom is -0.497 e. The van der Waals surface area contributed by atoms with Gasteiger partial charge < -0.3 is 20.1 Å². The Morgan fingerprint density at radius 1 is 1.05 bits per heavy atom. The smallest absolute Gasteiger partial charge is 0.123 e. The van der Waals surface area contributed by atoms with E-state index in [1.54, 1.807) is 7.11 Å². The predicted octanol–water partition coefficient (Wildman–Crippen LogP) is 2.79. The fraction of sp³-hybridized carbons (Fsp3) is 0.250. The molecule has 0 bridgehead atoms. The first-order valence-corrected chi connectivity index (χ1v) is 6.53. The van der Waals surface area contributed by atoms with Crippen molar-refractivity contribution in [1.29, 1.82) is 0 Å². The molecular formula is C16H20N2O2. The molecule has 0 unspecified atom stereocenters. The number of hydrogen-bond acceptors (Lipinski definition) is 4. The number of nitrogens with zero attached hydrogens (tertiary/aromatic N) is 1. The van der Waals surface area contributed by atoms with E-state index < -0.39 is 0 Å². The van der Waals surface area contributed by atoms with Crippen LogP contribution >= 0.6 is 0 Å². The average Bonchev–Trinajstić information content (AvgIpc) is 2.48. The minimum absolute atomic E-state index is 0.581. The fourth-order valence-electron chi connectivity index (χ4n) is 1.95. The molecule has 0 radical (unpaired) electrons. The number of nitrogens with two attached hydrogens (primary N) is 1.